The maximum Gasteiger partial charge on any atom is 0.272 e. The van der Waals surface area contributed by atoms with Crippen LogP contribution in [0.2, 0.25) is 0 Å². The van der Waals surface area contributed by atoms with Gasteiger partial charge in [-0.05, 0) is 31.5 Å². The number of hydrogen-bond acceptors (Lipinski definition) is 4. The number of nitro groups is 1. The highest BCUT2D eigenvalue weighted by Crippen LogP contribution is 2.26. The van der Waals surface area contributed by atoms with E-state index in [0.717, 1.165) is 5.56 Å². The molecule has 0 aliphatic heterocycles. The SMILES string of the molecule is Cc1c(-n2ccc(C(N)=O)n2)ccc([N+](=O)[O-])c1C. The fourth-order valence-corrected chi connectivity index (χ4v) is 1.83. The molecule has 0 bridgehead atoms. The maximum atomic E-state index is 11.0. The number of rotatable bonds is 3. The molecule has 0 saturated carbocycles. The van der Waals surface area contributed by atoms with Gasteiger partial charge in [0.1, 0.15) is 5.69 Å². The third-order valence-corrected chi connectivity index (χ3v) is 3.02. The van der Waals surface area contributed by atoms with E-state index >= 15 is 0 Å². The second-order valence-corrected chi connectivity index (χ2v) is 4.12. The van der Waals surface area contributed by atoms with Crippen LogP contribution in [0.15, 0.2) is 24.4 Å². The van der Waals surface area contributed by atoms with Crippen LogP contribution in [0.3, 0.4) is 0 Å². The minimum Gasteiger partial charge on any atom is -0.364 e. The van der Waals surface area contributed by atoms with Gasteiger partial charge in [0.25, 0.3) is 11.6 Å². The minimum atomic E-state index is -0.616. The van der Waals surface area contributed by atoms with Gasteiger partial charge in [0.15, 0.2) is 0 Å². The molecule has 0 spiro atoms. The Bertz CT molecular complexity index is 676. The lowest BCUT2D eigenvalue weighted by molar-refractivity contribution is -0.385. The number of amides is 1. The van der Waals surface area contributed by atoms with Crippen molar-refractivity contribution in [3.63, 3.8) is 0 Å². The number of carbonyl (C=O) groups excluding carboxylic acids is 1. The van der Waals surface area contributed by atoms with E-state index < -0.39 is 10.8 Å². The first kappa shape index (κ1) is 12.7. The molecule has 0 aliphatic carbocycles. The lowest BCUT2D eigenvalue weighted by Gasteiger charge is -2.08. The van der Waals surface area contributed by atoms with Crippen molar-refractivity contribution in [3.8, 4) is 5.69 Å². The van der Waals surface area contributed by atoms with Crippen LogP contribution >= 0.6 is 0 Å². The number of nitrogens with two attached hydrogens (primary N) is 1. The predicted octanol–water partition coefficient (Wildman–Crippen LogP) is 1.50. The number of aromatic nitrogens is 2. The van der Waals surface area contributed by atoms with Gasteiger partial charge in [-0.1, -0.05) is 0 Å². The number of carbonyl (C=O) groups is 1. The van der Waals surface area contributed by atoms with Gasteiger partial charge in [0, 0.05) is 17.8 Å². The van der Waals surface area contributed by atoms with E-state index in [1.54, 1.807) is 26.1 Å². The van der Waals surface area contributed by atoms with Crippen LogP contribution in [0.4, 0.5) is 5.69 Å². The second kappa shape index (κ2) is 4.52. The van der Waals surface area contributed by atoms with Crippen molar-refractivity contribution in [1.82, 2.24) is 9.78 Å². The average molecular weight is 260 g/mol. The molecule has 7 heteroatoms. The van der Waals surface area contributed by atoms with Crippen LogP contribution in [0.5, 0.6) is 0 Å². The van der Waals surface area contributed by atoms with E-state index in [9.17, 15) is 14.9 Å². The average Bonchev–Trinajstić information content (AvgIpc) is 2.81. The Balaban J connectivity index is 2.54. The number of primary amides is 1. The van der Waals surface area contributed by atoms with Crippen LogP contribution in [-0.4, -0.2) is 20.6 Å². The van der Waals surface area contributed by atoms with Crippen molar-refractivity contribution in [2.24, 2.45) is 5.73 Å². The van der Waals surface area contributed by atoms with Crippen molar-refractivity contribution >= 4 is 11.6 Å². The highest BCUT2D eigenvalue weighted by atomic mass is 16.6. The molecule has 2 N–H and O–H groups in total. The summed E-state index contributed by atoms with van der Waals surface area (Å²) in [7, 11) is 0. The highest BCUT2D eigenvalue weighted by Gasteiger charge is 2.16. The summed E-state index contributed by atoms with van der Waals surface area (Å²) in [5.74, 6) is -0.616. The Morgan fingerprint density at radius 3 is 2.53 bits per heavy atom. The van der Waals surface area contributed by atoms with E-state index in [4.69, 9.17) is 5.73 Å². The monoisotopic (exact) mass is 260 g/mol. The van der Waals surface area contributed by atoms with Gasteiger partial charge >= 0.3 is 0 Å². The minimum absolute atomic E-state index is 0.0588. The van der Waals surface area contributed by atoms with E-state index in [2.05, 4.69) is 5.10 Å². The Morgan fingerprint density at radius 1 is 1.32 bits per heavy atom. The van der Waals surface area contributed by atoms with Crippen molar-refractivity contribution in [1.29, 1.82) is 0 Å². The van der Waals surface area contributed by atoms with Gasteiger partial charge in [-0.2, -0.15) is 5.10 Å². The summed E-state index contributed by atoms with van der Waals surface area (Å²) in [5, 5.41) is 14.9. The van der Waals surface area contributed by atoms with E-state index in [0.29, 0.717) is 11.3 Å². The zero-order valence-corrected chi connectivity index (χ0v) is 10.5. The molecule has 7 nitrogen and oxygen atoms in total. The molecule has 1 heterocycles. The molecule has 0 unspecified atom stereocenters. The molecule has 1 amide bonds. The molecule has 1 aromatic heterocycles. The molecule has 0 fully saturated rings. The second-order valence-electron chi connectivity index (χ2n) is 4.12. The molecule has 19 heavy (non-hydrogen) atoms. The normalized spacial score (nSPS) is 10.4. The molecule has 2 rings (SSSR count). The molecule has 98 valence electrons. The Morgan fingerprint density at radius 2 is 2.00 bits per heavy atom. The maximum absolute atomic E-state index is 11.0. The third kappa shape index (κ3) is 2.17. The lowest BCUT2D eigenvalue weighted by atomic mass is 10.1. The van der Waals surface area contributed by atoms with Gasteiger partial charge in [0.2, 0.25) is 0 Å². The van der Waals surface area contributed by atoms with Gasteiger partial charge in [-0.3, -0.25) is 14.9 Å². The molecule has 0 radical (unpaired) electrons. The smallest absolute Gasteiger partial charge is 0.272 e. The first-order chi connectivity index (χ1) is 8.91. The van der Waals surface area contributed by atoms with Crippen LogP contribution in [0, 0.1) is 24.0 Å². The fraction of sp³-hybridized carbons (Fsp3) is 0.167. The summed E-state index contributed by atoms with van der Waals surface area (Å²) >= 11 is 0. The van der Waals surface area contributed by atoms with Crippen LogP contribution in [-0.2, 0) is 0 Å². The number of hydrogen-bond donors (Lipinski definition) is 1. The first-order valence-corrected chi connectivity index (χ1v) is 5.52. The number of nitro benzene ring substituents is 1. The molecular formula is C12H12N4O3. The summed E-state index contributed by atoms with van der Waals surface area (Å²) in [6.07, 6.45) is 1.59. The van der Waals surface area contributed by atoms with Gasteiger partial charge in [-0.15, -0.1) is 0 Å². The Labute approximate surface area is 108 Å². The van der Waals surface area contributed by atoms with Crippen molar-refractivity contribution in [2.75, 3.05) is 0 Å². The topological polar surface area (TPSA) is 104 Å². The van der Waals surface area contributed by atoms with Crippen molar-refractivity contribution in [2.45, 2.75) is 13.8 Å². The quantitative estimate of drug-likeness (QED) is 0.666. The Kier molecular flexibility index (Phi) is 3.04. The molecular weight excluding hydrogens is 248 g/mol. The first-order valence-electron chi connectivity index (χ1n) is 5.52. The van der Waals surface area contributed by atoms with Crippen LogP contribution < -0.4 is 5.73 Å². The van der Waals surface area contributed by atoms with E-state index in [-0.39, 0.29) is 11.4 Å². The van der Waals surface area contributed by atoms with Crippen LogP contribution in [0.25, 0.3) is 5.69 Å². The zero-order chi connectivity index (χ0) is 14.2. The molecule has 0 aliphatic rings. The molecule has 2 aromatic rings. The van der Waals surface area contributed by atoms with E-state index in [1.807, 2.05) is 0 Å². The highest BCUT2D eigenvalue weighted by molar-refractivity contribution is 5.90. The van der Waals surface area contributed by atoms with Gasteiger partial charge in [0.05, 0.1) is 10.6 Å². The zero-order valence-electron chi connectivity index (χ0n) is 10.5. The summed E-state index contributed by atoms with van der Waals surface area (Å²) < 4.78 is 1.48. The van der Waals surface area contributed by atoms with Gasteiger partial charge < -0.3 is 5.73 Å². The summed E-state index contributed by atoms with van der Waals surface area (Å²) in [5.41, 5.74) is 7.31. The fourth-order valence-electron chi connectivity index (χ4n) is 1.83. The Hall–Kier alpha value is -2.70. The number of benzene rings is 1. The summed E-state index contributed by atoms with van der Waals surface area (Å²) in [6, 6.07) is 4.51. The van der Waals surface area contributed by atoms with E-state index in [1.165, 1.54) is 16.8 Å². The predicted molar refractivity (Wildman–Crippen MR) is 68.2 cm³/mol. The van der Waals surface area contributed by atoms with Crippen molar-refractivity contribution < 1.29 is 9.72 Å². The summed E-state index contributed by atoms with van der Waals surface area (Å²) in [6.45, 7) is 3.44. The van der Waals surface area contributed by atoms with Gasteiger partial charge in [-0.25, -0.2) is 4.68 Å². The standard InChI is InChI=1S/C12H12N4O3/c1-7-8(2)11(16(18)19)4-3-10(7)15-6-5-9(14-15)12(13)17/h3-6H,1-2H3,(H2,13,17). The molecule has 0 atom stereocenters. The largest absolute Gasteiger partial charge is 0.364 e. The van der Waals surface area contributed by atoms with Crippen LogP contribution in [0.1, 0.15) is 21.6 Å². The summed E-state index contributed by atoms with van der Waals surface area (Å²) in [4.78, 5) is 21.4. The lowest BCUT2D eigenvalue weighted by Crippen LogP contribution is -2.12. The molecule has 1 aromatic carbocycles. The van der Waals surface area contributed by atoms with Crippen molar-refractivity contribution in [3.05, 3.63) is 51.3 Å². The third-order valence-electron chi connectivity index (χ3n) is 3.02. The number of nitrogens with zero attached hydrogens (tertiary/aromatic N) is 3. The molecule has 0 saturated heterocycles.